The summed E-state index contributed by atoms with van der Waals surface area (Å²) in [5.74, 6) is -2.48. The molecule has 0 aromatic heterocycles. The van der Waals surface area contributed by atoms with Crippen LogP contribution in [0, 0.1) is 40.4 Å². The molecule has 10 nitrogen and oxygen atoms in total. The molecule has 2 N–H and O–H groups in total. The summed E-state index contributed by atoms with van der Waals surface area (Å²) in [7, 11) is 0. The van der Waals surface area contributed by atoms with E-state index >= 15 is 0 Å². The third-order valence-corrected chi connectivity index (χ3v) is 8.13. The number of ether oxygens (including phenoxy) is 1. The van der Waals surface area contributed by atoms with Crippen LogP contribution in [0.2, 0.25) is 0 Å². The molecule has 4 fully saturated rings. The molecule has 4 aliphatic rings. The predicted octanol–water partition coefficient (Wildman–Crippen LogP) is 2.49. The number of nitriles is 1. The number of hydrogen-bond acceptors (Lipinski definition) is 6. The van der Waals surface area contributed by atoms with Crippen molar-refractivity contribution in [3.05, 3.63) is 0 Å². The van der Waals surface area contributed by atoms with Crippen LogP contribution in [0.15, 0.2) is 0 Å². The van der Waals surface area contributed by atoms with Crippen LogP contribution in [0.4, 0.5) is 18.4 Å². The van der Waals surface area contributed by atoms with Crippen LogP contribution in [0.5, 0.6) is 0 Å². The lowest BCUT2D eigenvalue weighted by molar-refractivity contribution is -0.127. The van der Waals surface area contributed by atoms with Gasteiger partial charge < -0.3 is 20.3 Å². The van der Waals surface area contributed by atoms with Crippen molar-refractivity contribution in [3.8, 4) is 6.07 Å². The molecule has 2 aliphatic heterocycles. The number of halogens is 2. The second-order valence-corrected chi connectivity index (χ2v) is 12.2. The van der Waals surface area contributed by atoms with Crippen molar-refractivity contribution in [2.24, 2.45) is 29.1 Å². The summed E-state index contributed by atoms with van der Waals surface area (Å²) in [6.45, 7) is 9.50. The zero-order chi connectivity index (χ0) is 27.4. The maximum absolute atomic E-state index is 13.7. The van der Waals surface area contributed by atoms with E-state index in [-0.39, 0.29) is 48.5 Å². The van der Waals surface area contributed by atoms with Gasteiger partial charge in [0.2, 0.25) is 18.2 Å². The normalized spacial score (nSPS) is 32.2. The highest BCUT2D eigenvalue weighted by Crippen LogP contribution is 2.65. The average Bonchev–Trinajstić information content (AvgIpc) is 3.50. The summed E-state index contributed by atoms with van der Waals surface area (Å²) in [6, 6.07) is -1.74. The summed E-state index contributed by atoms with van der Waals surface area (Å²) in [5.41, 5.74) is -1.20. The number of fused-ring (bicyclic) bond motifs is 1. The van der Waals surface area contributed by atoms with E-state index in [4.69, 9.17) is 4.74 Å². The van der Waals surface area contributed by atoms with Crippen LogP contribution >= 0.6 is 0 Å². The van der Waals surface area contributed by atoms with Crippen molar-refractivity contribution >= 4 is 23.9 Å². The molecule has 204 valence electrons. The summed E-state index contributed by atoms with van der Waals surface area (Å²) >= 11 is 0. The molecule has 5 amide bonds. The topological polar surface area (TPSA) is 132 Å². The molecule has 0 spiro atoms. The molecule has 0 aromatic rings. The van der Waals surface area contributed by atoms with E-state index < -0.39 is 54.1 Å². The molecule has 2 heterocycles. The number of alkyl halides is 2. The van der Waals surface area contributed by atoms with Crippen LogP contribution in [0.25, 0.3) is 0 Å². The van der Waals surface area contributed by atoms with E-state index in [1.165, 1.54) is 4.90 Å². The highest BCUT2D eigenvalue weighted by Gasteiger charge is 2.70. The van der Waals surface area contributed by atoms with Crippen LogP contribution in [-0.4, -0.2) is 77.0 Å². The molecular formula is C25H35F2N5O5. The van der Waals surface area contributed by atoms with Gasteiger partial charge in [0.25, 0.3) is 0 Å². The monoisotopic (exact) mass is 523 g/mol. The highest BCUT2D eigenvalue weighted by atomic mass is 19.3. The maximum Gasteiger partial charge on any atom is 0.418 e. The predicted molar refractivity (Wildman–Crippen MR) is 126 cm³/mol. The highest BCUT2D eigenvalue weighted by molar-refractivity contribution is 5.96. The first-order valence-corrected chi connectivity index (χ1v) is 12.8. The standard InChI is InChI=1S/C25H35F2N5O5/c1-24(2,3)37-23(36)32(16-9-14(16)19(26)27)22(35)31-11-15-17(25(15,4)5)18(31)21(34)30-13(10-28)8-12-6-7-29-20(12)33/h12-19H,6-9,11H2,1-5H3,(H,29,33)(H,30,34)/t12-,13-,14+,15-,16?,17-,18-/m0/s1. The number of hydrogen-bond donors (Lipinski definition) is 2. The number of likely N-dealkylation sites (tertiary alicyclic amines) is 1. The number of amides is 5. The van der Waals surface area contributed by atoms with Gasteiger partial charge in [-0.3, -0.25) is 9.59 Å². The molecule has 0 bridgehead atoms. The molecule has 0 radical (unpaired) electrons. The Hall–Kier alpha value is -2.97. The van der Waals surface area contributed by atoms with E-state index in [1.54, 1.807) is 20.8 Å². The van der Waals surface area contributed by atoms with Crippen molar-refractivity contribution in [2.45, 2.75) is 84.0 Å². The lowest BCUT2D eigenvalue weighted by Crippen LogP contribution is -2.57. The number of nitrogens with one attached hydrogen (secondary N) is 2. The van der Waals surface area contributed by atoms with Crippen molar-refractivity contribution < 1.29 is 32.7 Å². The summed E-state index contributed by atoms with van der Waals surface area (Å²) in [4.78, 5) is 54.1. The van der Waals surface area contributed by atoms with Gasteiger partial charge in [0.1, 0.15) is 17.7 Å². The smallest absolute Gasteiger partial charge is 0.418 e. The van der Waals surface area contributed by atoms with Gasteiger partial charge in [-0.1, -0.05) is 13.8 Å². The van der Waals surface area contributed by atoms with Gasteiger partial charge in [-0.25, -0.2) is 23.3 Å². The lowest BCUT2D eigenvalue weighted by atomic mass is 9.97. The molecule has 2 saturated carbocycles. The minimum Gasteiger partial charge on any atom is -0.443 e. The fourth-order valence-electron chi connectivity index (χ4n) is 5.91. The zero-order valence-electron chi connectivity index (χ0n) is 21.8. The first-order chi connectivity index (χ1) is 17.2. The second kappa shape index (κ2) is 9.40. The lowest BCUT2D eigenvalue weighted by Gasteiger charge is -2.35. The Bertz CT molecular complexity index is 1020. The number of imide groups is 1. The summed E-state index contributed by atoms with van der Waals surface area (Å²) in [5, 5.41) is 15.0. The number of carbonyl (C=O) groups excluding carboxylic acids is 4. The molecule has 7 atom stereocenters. The molecule has 1 unspecified atom stereocenters. The fourth-order valence-corrected chi connectivity index (χ4v) is 5.91. The second-order valence-electron chi connectivity index (χ2n) is 12.2. The summed E-state index contributed by atoms with van der Waals surface area (Å²) < 4.78 is 32.2. The molecule has 2 saturated heterocycles. The fraction of sp³-hybridized carbons (Fsp3) is 0.800. The van der Waals surface area contributed by atoms with Crippen molar-refractivity contribution in [1.82, 2.24) is 20.4 Å². The minimum atomic E-state index is -2.70. The van der Waals surface area contributed by atoms with Gasteiger partial charge in [-0.05, 0) is 57.3 Å². The molecular weight excluding hydrogens is 488 g/mol. The minimum absolute atomic E-state index is 0.0149. The van der Waals surface area contributed by atoms with Crippen molar-refractivity contribution in [1.29, 1.82) is 5.26 Å². The van der Waals surface area contributed by atoms with Crippen LogP contribution in [0.1, 0.15) is 53.9 Å². The average molecular weight is 524 g/mol. The van der Waals surface area contributed by atoms with Crippen LogP contribution < -0.4 is 10.6 Å². The quantitative estimate of drug-likeness (QED) is 0.550. The van der Waals surface area contributed by atoms with E-state index in [0.29, 0.717) is 13.0 Å². The van der Waals surface area contributed by atoms with E-state index in [9.17, 15) is 33.2 Å². The van der Waals surface area contributed by atoms with Gasteiger partial charge >= 0.3 is 12.1 Å². The number of urea groups is 1. The van der Waals surface area contributed by atoms with Crippen LogP contribution in [-0.2, 0) is 14.3 Å². The molecule has 12 heteroatoms. The van der Waals surface area contributed by atoms with E-state index in [0.717, 1.165) is 4.90 Å². The number of piperidine rings is 1. The Morgan fingerprint density at radius 2 is 2.00 bits per heavy atom. The first-order valence-electron chi connectivity index (χ1n) is 12.8. The van der Waals surface area contributed by atoms with E-state index in [1.807, 2.05) is 19.9 Å². The Morgan fingerprint density at radius 1 is 1.32 bits per heavy atom. The van der Waals surface area contributed by atoms with Crippen molar-refractivity contribution in [3.63, 3.8) is 0 Å². The van der Waals surface area contributed by atoms with E-state index in [2.05, 4.69) is 10.6 Å². The number of nitrogens with zero attached hydrogens (tertiary/aromatic N) is 3. The Labute approximate surface area is 215 Å². The molecule has 2 aliphatic carbocycles. The largest absolute Gasteiger partial charge is 0.443 e. The Kier molecular flexibility index (Phi) is 6.88. The number of rotatable bonds is 6. The maximum atomic E-state index is 13.7. The van der Waals surface area contributed by atoms with Gasteiger partial charge in [-0.15, -0.1) is 0 Å². The first kappa shape index (κ1) is 27.1. The van der Waals surface area contributed by atoms with Gasteiger partial charge in [-0.2, -0.15) is 5.26 Å². The third kappa shape index (κ3) is 5.22. The van der Waals surface area contributed by atoms with Crippen LogP contribution in [0.3, 0.4) is 0 Å². The van der Waals surface area contributed by atoms with Crippen molar-refractivity contribution in [2.75, 3.05) is 13.1 Å². The Morgan fingerprint density at radius 3 is 2.51 bits per heavy atom. The third-order valence-electron chi connectivity index (χ3n) is 8.13. The molecule has 4 rings (SSSR count). The molecule has 0 aromatic carbocycles. The number of carbonyl (C=O) groups is 4. The van der Waals surface area contributed by atoms with Gasteiger partial charge in [0, 0.05) is 24.9 Å². The Balaban J connectivity index is 1.54. The van der Waals surface area contributed by atoms with Gasteiger partial charge in [0.15, 0.2) is 0 Å². The SMILES string of the molecule is CC(C)(C)OC(=O)N(C(=O)N1C[C@H]2[C@@H]([C@H]1C(=O)N[C@H](C#N)C[C@@H]1CCNC1=O)C2(C)C)C1C[C@H]1C(F)F. The molecule has 37 heavy (non-hydrogen) atoms. The van der Waals surface area contributed by atoms with Gasteiger partial charge in [0.05, 0.1) is 12.1 Å². The summed E-state index contributed by atoms with van der Waals surface area (Å²) in [6.07, 6.45) is -3.04. The zero-order valence-corrected chi connectivity index (χ0v) is 21.8.